The maximum absolute atomic E-state index is 9.93. The summed E-state index contributed by atoms with van der Waals surface area (Å²) in [5.41, 5.74) is 0. The van der Waals surface area contributed by atoms with Crippen molar-refractivity contribution < 1.29 is 9.84 Å². The average molecular weight is 199 g/mol. The van der Waals surface area contributed by atoms with Crippen molar-refractivity contribution in [1.82, 2.24) is 4.90 Å². The Bertz CT molecular complexity index is 180. The molecule has 1 N–H and O–H groups in total. The van der Waals surface area contributed by atoms with Crippen LogP contribution < -0.4 is 0 Å². The predicted octanol–water partition coefficient (Wildman–Crippen LogP) is 0.890. The van der Waals surface area contributed by atoms with Crippen molar-refractivity contribution in [2.45, 2.75) is 26.1 Å². The van der Waals surface area contributed by atoms with Crippen molar-refractivity contribution >= 4 is 0 Å². The van der Waals surface area contributed by atoms with Crippen molar-refractivity contribution in [3.05, 3.63) is 12.7 Å². The molecule has 1 aliphatic rings. The van der Waals surface area contributed by atoms with Gasteiger partial charge in [0, 0.05) is 12.5 Å². The Morgan fingerprint density at radius 2 is 2.21 bits per heavy atom. The molecule has 14 heavy (non-hydrogen) atoms. The van der Waals surface area contributed by atoms with Crippen LogP contribution in [0, 0.1) is 5.92 Å². The minimum atomic E-state index is -0.286. The summed E-state index contributed by atoms with van der Waals surface area (Å²) in [5.74, 6) is 0.244. The number of ether oxygens (including phenoxy) is 1. The lowest BCUT2D eigenvalue weighted by molar-refractivity contribution is -0.137. The van der Waals surface area contributed by atoms with Gasteiger partial charge in [-0.2, -0.15) is 0 Å². The smallest absolute Gasteiger partial charge is 0.0828 e. The minimum absolute atomic E-state index is 0.0561. The molecule has 0 unspecified atom stereocenters. The van der Waals surface area contributed by atoms with E-state index in [0.29, 0.717) is 6.61 Å². The van der Waals surface area contributed by atoms with Gasteiger partial charge in [-0.05, 0) is 13.1 Å². The van der Waals surface area contributed by atoms with E-state index in [-0.39, 0.29) is 18.1 Å². The highest BCUT2D eigenvalue weighted by Crippen LogP contribution is 2.25. The molecule has 0 aromatic carbocycles. The first kappa shape index (κ1) is 11.7. The van der Waals surface area contributed by atoms with Crippen LogP contribution in [0.3, 0.4) is 0 Å². The summed E-state index contributed by atoms with van der Waals surface area (Å²) in [6, 6.07) is 0. The number of aliphatic hydroxyl groups is 1. The predicted molar refractivity (Wildman–Crippen MR) is 57.2 cm³/mol. The SMILES string of the molecule is C=C[C@H]1OC[C@@H]1[C@H](O)CN(CC)CC. The normalized spacial score (nSPS) is 28.6. The standard InChI is InChI=1S/C11H21NO2/c1-4-11-9(8-14-11)10(13)7-12(5-2)6-3/h4,9-11,13H,1,5-8H2,2-3H3/t9-,10-,11-/m1/s1. The molecule has 0 spiro atoms. The van der Waals surface area contributed by atoms with Crippen LogP contribution in [0.2, 0.25) is 0 Å². The Kier molecular flexibility index (Phi) is 4.58. The number of aliphatic hydroxyl groups excluding tert-OH is 1. The molecule has 1 heterocycles. The Hall–Kier alpha value is -0.380. The van der Waals surface area contributed by atoms with Crippen LogP contribution >= 0.6 is 0 Å². The van der Waals surface area contributed by atoms with Crippen molar-refractivity contribution in [2.75, 3.05) is 26.2 Å². The maximum atomic E-state index is 9.93. The topological polar surface area (TPSA) is 32.7 Å². The van der Waals surface area contributed by atoms with Crippen LogP contribution in [0.5, 0.6) is 0 Å². The van der Waals surface area contributed by atoms with Gasteiger partial charge < -0.3 is 14.7 Å². The van der Waals surface area contributed by atoms with E-state index in [1.807, 2.05) is 0 Å². The summed E-state index contributed by atoms with van der Waals surface area (Å²) in [6.45, 7) is 11.3. The quantitative estimate of drug-likeness (QED) is 0.645. The lowest BCUT2D eigenvalue weighted by Gasteiger charge is -2.39. The van der Waals surface area contributed by atoms with E-state index in [1.54, 1.807) is 6.08 Å². The molecular formula is C11H21NO2. The van der Waals surface area contributed by atoms with Crippen molar-refractivity contribution in [3.8, 4) is 0 Å². The van der Waals surface area contributed by atoms with E-state index < -0.39 is 0 Å². The summed E-state index contributed by atoms with van der Waals surface area (Å²) in [5, 5.41) is 9.93. The molecule has 3 heteroatoms. The minimum Gasteiger partial charge on any atom is -0.391 e. The van der Waals surface area contributed by atoms with E-state index in [2.05, 4.69) is 25.3 Å². The van der Waals surface area contributed by atoms with Gasteiger partial charge in [0.25, 0.3) is 0 Å². The molecule has 0 aromatic rings. The van der Waals surface area contributed by atoms with Crippen molar-refractivity contribution in [1.29, 1.82) is 0 Å². The highest BCUT2D eigenvalue weighted by atomic mass is 16.5. The second-order valence-corrected chi connectivity index (χ2v) is 3.75. The van der Waals surface area contributed by atoms with E-state index >= 15 is 0 Å². The Morgan fingerprint density at radius 1 is 1.57 bits per heavy atom. The second-order valence-electron chi connectivity index (χ2n) is 3.75. The summed E-state index contributed by atoms with van der Waals surface area (Å²) in [6.07, 6.45) is 1.55. The summed E-state index contributed by atoms with van der Waals surface area (Å²) in [4.78, 5) is 2.23. The zero-order valence-corrected chi connectivity index (χ0v) is 9.15. The molecule has 1 saturated heterocycles. The van der Waals surface area contributed by atoms with E-state index in [4.69, 9.17) is 4.74 Å². The molecule has 0 aliphatic carbocycles. The van der Waals surface area contributed by atoms with E-state index in [0.717, 1.165) is 19.6 Å². The summed E-state index contributed by atoms with van der Waals surface area (Å²) < 4.78 is 5.27. The lowest BCUT2D eigenvalue weighted by Crippen LogP contribution is -2.49. The Labute approximate surface area is 86.4 Å². The molecule has 1 fully saturated rings. The van der Waals surface area contributed by atoms with Crippen LogP contribution in [-0.2, 0) is 4.74 Å². The number of rotatable bonds is 6. The molecule has 0 bridgehead atoms. The fourth-order valence-electron chi connectivity index (χ4n) is 1.77. The highest BCUT2D eigenvalue weighted by Gasteiger charge is 2.35. The average Bonchev–Trinajstić information content (AvgIpc) is 2.13. The van der Waals surface area contributed by atoms with Crippen LogP contribution in [0.15, 0.2) is 12.7 Å². The van der Waals surface area contributed by atoms with Gasteiger partial charge in [0.15, 0.2) is 0 Å². The highest BCUT2D eigenvalue weighted by molar-refractivity contribution is 4.95. The largest absolute Gasteiger partial charge is 0.391 e. The molecular weight excluding hydrogens is 178 g/mol. The third-order valence-electron chi connectivity index (χ3n) is 2.97. The monoisotopic (exact) mass is 199 g/mol. The zero-order valence-electron chi connectivity index (χ0n) is 9.15. The van der Waals surface area contributed by atoms with Gasteiger partial charge in [-0.15, -0.1) is 6.58 Å². The fourth-order valence-corrected chi connectivity index (χ4v) is 1.77. The molecule has 1 rings (SSSR count). The van der Waals surface area contributed by atoms with Crippen LogP contribution in [-0.4, -0.2) is 48.5 Å². The van der Waals surface area contributed by atoms with Crippen LogP contribution in [0.4, 0.5) is 0 Å². The Morgan fingerprint density at radius 3 is 2.57 bits per heavy atom. The molecule has 0 amide bonds. The van der Waals surface area contributed by atoms with Crippen LogP contribution in [0.1, 0.15) is 13.8 Å². The van der Waals surface area contributed by atoms with Crippen molar-refractivity contribution in [2.24, 2.45) is 5.92 Å². The first-order valence-electron chi connectivity index (χ1n) is 5.37. The third kappa shape index (κ3) is 2.56. The second kappa shape index (κ2) is 5.49. The molecule has 0 aromatic heterocycles. The fraction of sp³-hybridized carbons (Fsp3) is 0.818. The van der Waals surface area contributed by atoms with Gasteiger partial charge in [0.2, 0.25) is 0 Å². The molecule has 0 radical (unpaired) electrons. The van der Waals surface area contributed by atoms with Crippen LogP contribution in [0.25, 0.3) is 0 Å². The zero-order chi connectivity index (χ0) is 10.6. The number of hydrogen-bond donors (Lipinski definition) is 1. The molecule has 0 saturated carbocycles. The molecule has 82 valence electrons. The van der Waals surface area contributed by atoms with Crippen molar-refractivity contribution in [3.63, 3.8) is 0 Å². The first-order valence-corrected chi connectivity index (χ1v) is 5.37. The van der Waals surface area contributed by atoms with E-state index in [9.17, 15) is 5.11 Å². The summed E-state index contributed by atoms with van der Waals surface area (Å²) >= 11 is 0. The molecule has 3 nitrogen and oxygen atoms in total. The van der Waals surface area contributed by atoms with E-state index in [1.165, 1.54) is 0 Å². The van der Waals surface area contributed by atoms with Gasteiger partial charge in [0.05, 0.1) is 18.8 Å². The van der Waals surface area contributed by atoms with Gasteiger partial charge in [-0.25, -0.2) is 0 Å². The van der Waals surface area contributed by atoms with Gasteiger partial charge in [-0.1, -0.05) is 19.9 Å². The third-order valence-corrected chi connectivity index (χ3v) is 2.97. The Balaban J connectivity index is 2.33. The van der Waals surface area contributed by atoms with Gasteiger partial charge in [-0.3, -0.25) is 0 Å². The molecule has 3 atom stereocenters. The first-order chi connectivity index (χ1) is 6.72. The molecule has 1 aliphatic heterocycles. The number of likely N-dealkylation sites (N-methyl/N-ethyl adjacent to an activating group) is 1. The van der Waals surface area contributed by atoms with Gasteiger partial charge in [0.1, 0.15) is 0 Å². The maximum Gasteiger partial charge on any atom is 0.0828 e. The lowest BCUT2D eigenvalue weighted by atomic mass is 9.91. The summed E-state index contributed by atoms with van der Waals surface area (Å²) in [7, 11) is 0. The number of hydrogen-bond acceptors (Lipinski definition) is 3. The van der Waals surface area contributed by atoms with Gasteiger partial charge >= 0.3 is 0 Å². The number of nitrogens with zero attached hydrogens (tertiary/aromatic N) is 1.